The van der Waals surface area contributed by atoms with Crippen LogP contribution >= 0.6 is 23.2 Å². The van der Waals surface area contributed by atoms with Gasteiger partial charge in [0, 0.05) is 24.9 Å². The summed E-state index contributed by atoms with van der Waals surface area (Å²) in [5, 5.41) is 0.644. The second-order valence-electron chi connectivity index (χ2n) is 7.47. The summed E-state index contributed by atoms with van der Waals surface area (Å²) in [6, 6.07) is 9.36. The first-order valence-corrected chi connectivity index (χ1v) is 10.7. The number of pyridine rings is 1. The van der Waals surface area contributed by atoms with Gasteiger partial charge in [-0.15, -0.1) is 0 Å². The van der Waals surface area contributed by atoms with E-state index in [1.165, 1.54) is 0 Å². The molecule has 0 aliphatic carbocycles. The van der Waals surface area contributed by atoms with Gasteiger partial charge in [-0.1, -0.05) is 29.3 Å². The smallest absolute Gasteiger partial charge is 0.250 e. The van der Waals surface area contributed by atoms with Gasteiger partial charge < -0.3 is 14.2 Å². The summed E-state index contributed by atoms with van der Waals surface area (Å²) in [4.78, 5) is 23.1. The highest BCUT2D eigenvalue weighted by Crippen LogP contribution is 2.28. The third-order valence-electron chi connectivity index (χ3n) is 5.17. The molecule has 1 aromatic carbocycles. The van der Waals surface area contributed by atoms with Gasteiger partial charge in [0.25, 0.3) is 0 Å². The molecule has 0 radical (unpaired) electrons. The van der Waals surface area contributed by atoms with Crippen LogP contribution in [-0.4, -0.2) is 39.0 Å². The lowest BCUT2D eigenvalue weighted by atomic mass is 10.00. The largest absolute Gasteiger partial charge is 0.495 e. The number of piperidine rings is 1. The van der Waals surface area contributed by atoms with Crippen molar-refractivity contribution in [2.45, 2.75) is 26.3 Å². The molecule has 160 valence electrons. The molecule has 0 N–H and O–H groups in total. The summed E-state index contributed by atoms with van der Waals surface area (Å²) in [5.74, 6) is 0.733. The fourth-order valence-electron chi connectivity index (χ4n) is 3.73. The van der Waals surface area contributed by atoms with E-state index in [0.29, 0.717) is 29.1 Å². The Labute approximate surface area is 191 Å². The minimum absolute atomic E-state index is 0.0172. The Kier molecular flexibility index (Phi) is 6.30. The zero-order valence-corrected chi connectivity index (χ0v) is 18.8. The molecule has 1 aliphatic heterocycles. The minimum Gasteiger partial charge on any atom is -0.495 e. The first-order chi connectivity index (χ1) is 14.9. The Morgan fingerprint density at radius 1 is 1.19 bits per heavy atom. The van der Waals surface area contributed by atoms with Crippen LogP contribution in [0.5, 0.6) is 5.75 Å². The summed E-state index contributed by atoms with van der Waals surface area (Å²) < 4.78 is 7.50. The van der Waals surface area contributed by atoms with Crippen molar-refractivity contribution in [3.05, 3.63) is 75.6 Å². The van der Waals surface area contributed by atoms with E-state index in [-0.39, 0.29) is 5.91 Å². The number of hydrogen-bond donors (Lipinski definition) is 0. The Hall–Kier alpha value is -2.83. The van der Waals surface area contributed by atoms with Crippen LogP contribution in [0.1, 0.15) is 29.7 Å². The zero-order valence-electron chi connectivity index (χ0n) is 17.3. The van der Waals surface area contributed by atoms with Gasteiger partial charge in [0.1, 0.15) is 16.1 Å². The molecule has 1 amide bonds. The van der Waals surface area contributed by atoms with Crippen molar-refractivity contribution in [2.24, 2.45) is 0 Å². The number of nitrogens with zero attached hydrogens (tertiary/aromatic N) is 4. The van der Waals surface area contributed by atoms with Gasteiger partial charge in [-0.2, -0.15) is 0 Å². The van der Waals surface area contributed by atoms with E-state index in [9.17, 15) is 4.79 Å². The van der Waals surface area contributed by atoms with E-state index in [4.69, 9.17) is 27.9 Å². The lowest BCUT2D eigenvalue weighted by molar-refractivity contribution is -0.129. The number of aromatic nitrogens is 3. The molecule has 0 saturated carbocycles. The molecule has 0 atom stereocenters. The van der Waals surface area contributed by atoms with Crippen LogP contribution in [-0.2, 0) is 11.3 Å². The second-order valence-corrected chi connectivity index (χ2v) is 8.25. The molecular weight excluding hydrogens is 435 g/mol. The molecule has 4 rings (SSSR count). The van der Waals surface area contributed by atoms with Gasteiger partial charge in [0.2, 0.25) is 5.91 Å². The molecule has 8 heteroatoms. The van der Waals surface area contributed by atoms with Gasteiger partial charge in [-0.3, -0.25) is 4.79 Å². The highest BCUT2D eigenvalue weighted by molar-refractivity contribution is 6.32. The van der Waals surface area contributed by atoms with Crippen molar-refractivity contribution in [3.8, 4) is 11.4 Å². The van der Waals surface area contributed by atoms with E-state index in [0.717, 1.165) is 40.9 Å². The number of methoxy groups -OCH3 is 1. The van der Waals surface area contributed by atoms with Crippen LogP contribution < -0.4 is 4.74 Å². The summed E-state index contributed by atoms with van der Waals surface area (Å²) in [6.45, 7) is 3.08. The van der Waals surface area contributed by atoms with Crippen LogP contribution in [0.2, 0.25) is 10.3 Å². The van der Waals surface area contributed by atoms with E-state index >= 15 is 0 Å². The van der Waals surface area contributed by atoms with Crippen molar-refractivity contribution in [1.29, 1.82) is 0 Å². The van der Waals surface area contributed by atoms with Gasteiger partial charge in [0.15, 0.2) is 0 Å². The number of aryl methyl sites for hydroxylation is 1. The maximum atomic E-state index is 13.1. The molecule has 0 unspecified atom stereocenters. The Balaban J connectivity index is 1.57. The number of imidazole rings is 1. The molecular formula is C23H22Cl2N4O2. The van der Waals surface area contributed by atoms with Crippen LogP contribution in [0.25, 0.3) is 11.8 Å². The van der Waals surface area contributed by atoms with Crippen molar-refractivity contribution in [2.75, 3.05) is 13.7 Å². The SMILES string of the molecule is COc1cc(C=C2CCCN(Cc3cc(Cl)nc(Cl)c3)C2=O)ccc1-n1cnc(C)c1. The molecule has 3 heterocycles. The van der Waals surface area contributed by atoms with Gasteiger partial charge in [0.05, 0.1) is 24.8 Å². The summed E-state index contributed by atoms with van der Waals surface area (Å²) in [6.07, 6.45) is 7.26. The number of amides is 1. The predicted octanol–water partition coefficient (Wildman–Crippen LogP) is 5.10. The monoisotopic (exact) mass is 456 g/mol. The summed E-state index contributed by atoms with van der Waals surface area (Å²) >= 11 is 12.0. The molecule has 31 heavy (non-hydrogen) atoms. The van der Waals surface area contributed by atoms with E-state index in [2.05, 4.69) is 9.97 Å². The van der Waals surface area contributed by atoms with Crippen molar-refractivity contribution in [1.82, 2.24) is 19.4 Å². The number of benzene rings is 1. The highest BCUT2D eigenvalue weighted by Gasteiger charge is 2.23. The topological polar surface area (TPSA) is 60.2 Å². The Morgan fingerprint density at radius 2 is 1.97 bits per heavy atom. The first-order valence-electron chi connectivity index (χ1n) is 9.94. The zero-order chi connectivity index (χ0) is 22.0. The number of likely N-dealkylation sites (tertiary alicyclic amines) is 1. The highest BCUT2D eigenvalue weighted by atomic mass is 35.5. The Bertz CT molecular complexity index is 1140. The number of ether oxygens (including phenoxy) is 1. The van der Waals surface area contributed by atoms with E-state index in [1.54, 1.807) is 25.6 Å². The van der Waals surface area contributed by atoms with Gasteiger partial charge in [-0.25, -0.2) is 9.97 Å². The third-order valence-corrected chi connectivity index (χ3v) is 5.55. The lowest BCUT2D eigenvalue weighted by Gasteiger charge is -2.28. The molecule has 1 saturated heterocycles. The standard InChI is InChI=1S/C23H22Cl2N4O2/c1-15-12-29(14-26-15)19-6-5-16(9-20(19)31-2)8-18-4-3-7-28(23(18)30)13-17-10-21(24)27-22(25)11-17/h5-6,8-12,14H,3-4,7,13H2,1-2H3. The second kappa shape index (κ2) is 9.12. The van der Waals surface area contributed by atoms with E-state index < -0.39 is 0 Å². The van der Waals surface area contributed by atoms with Crippen molar-refractivity contribution < 1.29 is 9.53 Å². The number of halogens is 2. The average molecular weight is 457 g/mol. The fourth-order valence-corrected chi connectivity index (χ4v) is 4.24. The normalized spacial score (nSPS) is 15.5. The summed E-state index contributed by atoms with van der Waals surface area (Å²) in [5.41, 5.74) is 4.37. The fraction of sp³-hybridized carbons (Fsp3) is 0.261. The minimum atomic E-state index is 0.0172. The quantitative estimate of drug-likeness (QED) is 0.395. The molecule has 0 spiro atoms. The number of carbonyl (C=O) groups excluding carboxylic acids is 1. The van der Waals surface area contributed by atoms with E-state index in [1.807, 2.05) is 46.9 Å². The van der Waals surface area contributed by atoms with Gasteiger partial charge in [-0.05, 0) is 61.2 Å². The molecule has 1 fully saturated rings. The van der Waals surface area contributed by atoms with Crippen LogP contribution in [0, 0.1) is 6.92 Å². The lowest BCUT2D eigenvalue weighted by Crippen LogP contribution is -2.36. The van der Waals surface area contributed by atoms with Gasteiger partial charge >= 0.3 is 0 Å². The summed E-state index contributed by atoms with van der Waals surface area (Å²) in [7, 11) is 1.64. The third kappa shape index (κ3) is 4.92. The van der Waals surface area contributed by atoms with Crippen LogP contribution in [0.3, 0.4) is 0 Å². The molecule has 6 nitrogen and oxygen atoms in total. The molecule has 0 bridgehead atoms. The van der Waals surface area contributed by atoms with Crippen LogP contribution in [0.4, 0.5) is 0 Å². The molecule has 2 aromatic heterocycles. The van der Waals surface area contributed by atoms with Crippen molar-refractivity contribution in [3.63, 3.8) is 0 Å². The van der Waals surface area contributed by atoms with Crippen molar-refractivity contribution >= 4 is 35.2 Å². The number of hydrogen-bond acceptors (Lipinski definition) is 4. The first kappa shape index (κ1) is 21.4. The maximum Gasteiger partial charge on any atom is 0.250 e. The number of carbonyl (C=O) groups is 1. The number of rotatable bonds is 5. The maximum absolute atomic E-state index is 13.1. The predicted molar refractivity (Wildman–Crippen MR) is 122 cm³/mol. The molecule has 3 aromatic rings. The Morgan fingerprint density at radius 3 is 2.65 bits per heavy atom. The average Bonchev–Trinajstić information content (AvgIpc) is 3.16. The molecule has 1 aliphatic rings. The van der Waals surface area contributed by atoms with Crippen LogP contribution in [0.15, 0.2) is 48.4 Å².